The van der Waals surface area contributed by atoms with Crippen molar-refractivity contribution in [1.29, 1.82) is 0 Å². The predicted molar refractivity (Wildman–Crippen MR) is 84.7 cm³/mol. The summed E-state index contributed by atoms with van der Waals surface area (Å²) in [5.41, 5.74) is 1.01. The van der Waals surface area contributed by atoms with E-state index < -0.39 is 12.0 Å². The van der Waals surface area contributed by atoms with Gasteiger partial charge in [0.25, 0.3) is 0 Å². The van der Waals surface area contributed by atoms with E-state index in [4.69, 9.17) is 5.11 Å². The zero-order valence-corrected chi connectivity index (χ0v) is 13.0. The van der Waals surface area contributed by atoms with Crippen molar-refractivity contribution >= 4 is 39.3 Å². The van der Waals surface area contributed by atoms with Crippen LogP contribution in [0, 0.1) is 0 Å². The largest absolute Gasteiger partial charge is 0.480 e. The molecule has 6 heteroatoms. The molecule has 1 unspecified atom stereocenters. The molecule has 0 bridgehead atoms. The molecule has 2 N–H and O–H groups in total. The number of nitrogens with one attached hydrogen (secondary N) is 1. The van der Waals surface area contributed by atoms with Gasteiger partial charge in [0.1, 0.15) is 6.04 Å². The van der Waals surface area contributed by atoms with Crippen molar-refractivity contribution in [2.45, 2.75) is 30.1 Å². The average Bonchev–Trinajstić information content (AvgIpc) is 2.84. The third-order valence-corrected chi connectivity index (χ3v) is 5.06. The Bertz CT molecular complexity index is 538. The number of fused-ring (bicyclic) bond motifs is 1. The minimum atomic E-state index is -0.775. The normalized spacial score (nSPS) is 12.7. The highest BCUT2D eigenvalue weighted by atomic mass is 32.2. The van der Waals surface area contributed by atoms with Crippen molar-refractivity contribution in [3.8, 4) is 0 Å². The van der Waals surface area contributed by atoms with Crippen LogP contribution >= 0.6 is 23.1 Å². The van der Waals surface area contributed by atoms with Crippen LogP contribution in [0.25, 0.3) is 10.2 Å². The fourth-order valence-corrected chi connectivity index (χ4v) is 3.95. The van der Waals surface area contributed by atoms with Crippen LogP contribution in [0.5, 0.6) is 0 Å². The van der Waals surface area contributed by atoms with Crippen molar-refractivity contribution in [2.24, 2.45) is 0 Å². The van der Waals surface area contributed by atoms with Crippen LogP contribution in [0.1, 0.15) is 19.8 Å². The number of hydrogen-bond acceptors (Lipinski definition) is 5. The molecule has 2 rings (SSSR count). The number of thioether (sulfide) groups is 1. The lowest BCUT2D eigenvalue weighted by Crippen LogP contribution is -2.37. The first-order valence-electron chi connectivity index (χ1n) is 6.65. The summed E-state index contributed by atoms with van der Waals surface area (Å²) in [5, 5.41) is 12.2. The Morgan fingerprint density at radius 2 is 2.30 bits per heavy atom. The van der Waals surface area contributed by atoms with Gasteiger partial charge in [-0.05, 0) is 31.5 Å². The van der Waals surface area contributed by atoms with Gasteiger partial charge < -0.3 is 10.4 Å². The van der Waals surface area contributed by atoms with Crippen LogP contribution in [0.4, 0.5) is 0 Å². The summed E-state index contributed by atoms with van der Waals surface area (Å²) < 4.78 is 2.18. The summed E-state index contributed by atoms with van der Waals surface area (Å²) in [6.45, 7) is 2.77. The molecule has 0 spiro atoms. The summed E-state index contributed by atoms with van der Waals surface area (Å²) in [6, 6.07) is 7.57. The Morgan fingerprint density at radius 3 is 3.00 bits per heavy atom. The minimum absolute atomic E-state index is 0.461. The summed E-state index contributed by atoms with van der Waals surface area (Å²) in [6.07, 6.45) is 1.55. The Balaban J connectivity index is 1.86. The molecule has 0 saturated carbocycles. The zero-order chi connectivity index (χ0) is 14.4. The second-order valence-corrected chi connectivity index (χ2v) is 6.80. The van der Waals surface area contributed by atoms with Crippen molar-refractivity contribution in [2.75, 3.05) is 12.3 Å². The first-order chi connectivity index (χ1) is 9.70. The fraction of sp³-hybridized carbons (Fsp3) is 0.429. The van der Waals surface area contributed by atoms with Gasteiger partial charge >= 0.3 is 5.97 Å². The lowest BCUT2D eigenvalue weighted by atomic mass is 10.2. The summed E-state index contributed by atoms with van der Waals surface area (Å²) in [7, 11) is 0. The molecule has 0 radical (unpaired) electrons. The van der Waals surface area contributed by atoms with Gasteiger partial charge in [0, 0.05) is 5.75 Å². The molecule has 1 heterocycles. The van der Waals surface area contributed by atoms with Crippen molar-refractivity contribution in [3.63, 3.8) is 0 Å². The number of nitrogens with zero attached hydrogens (tertiary/aromatic N) is 1. The van der Waals surface area contributed by atoms with E-state index in [9.17, 15) is 4.79 Å². The SMILES string of the molecule is CCCNC(CCSc1nc2ccccc2s1)C(=O)O. The van der Waals surface area contributed by atoms with E-state index in [1.54, 1.807) is 23.1 Å². The maximum Gasteiger partial charge on any atom is 0.320 e. The lowest BCUT2D eigenvalue weighted by Gasteiger charge is -2.12. The molecule has 4 nitrogen and oxygen atoms in total. The average molecular weight is 310 g/mol. The van der Waals surface area contributed by atoms with Crippen LogP contribution in [0.15, 0.2) is 28.6 Å². The number of carbonyl (C=O) groups is 1. The van der Waals surface area contributed by atoms with E-state index in [1.165, 1.54) is 4.70 Å². The first kappa shape index (κ1) is 15.3. The number of thiazole rings is 1. The number of hydrogen-bond donors (Lipinski definition) is 2. The molecule has 0 aliphatic rings. The van der Waals surface area contributed by atoms with Crippen molar-refractivity contribution in [3.05, 3.63) is 24.3 Å². The zero-order valence-electron chi connectivity index (χ0n) is 11.3. The minimum Gasteiger partial charge on any atom is -0.480 e. The van der Waals surface area contributed by atoms with E-state index in [2.05, 4.69) is 16.4 Å². The molecule has 108 valence electrons. The summed E-state index contributed by atoms with van der Waals surface area (Å²) >= 11 is 3.29. The van der Waals surface area contributed by atoms with Crippen LogP contribution in [0.2, 0.25) is 0 Å². The molecule has 0 amide bonds. The van der Waals surface area contributed by atoms with Gasteiger partial charge in [-0.3, -0.25) is 4.79 Å². The smallest absolute Gasteiger partial charge is 0.320 e. The second kappa shape index (κ2) is 7.61. The molecular formula is C14H18N2O2S2. The number of rotatable bonds is 8. The molecular weight excluding hydrogens is 292 g/mol. The third-order valence-electron chi connectivity index (χ3n) is 2.85. The Hall–Kier alpha value is -1.11. The summed E-state index contributed by atoms with van der Waals surface area (Å²) in [4.78, 5) is 15.6. The molecule has 1 aromatic carbocycles. The maximum atomic E-state index is 11.1. The third kappa shape index (κ3) is 4.19. The number of aromatic nitrogens is 1. The molecule has 20 heavy (non-hydrogen) atoms. The molecule has 0 fully saturated rings. The quantitative estimate of drug-likeness (QED) is 0.733. The maximum absolute atomic E-state index is 11.1. The predicted octanol–water partition coefficient (Wildman–Crippen LogP) is 3.23. The van der Waals surface area contributed by atoms with Gasteiger partial charge in [0.05, 0.1) is 10.2 Å². The van der Waals surface area contributed by atoms with Crippen LogP contribution in [0.3, 0.4) is 0 Å². The molecule has 1 aromatic heterocycles. The molecule has 0 aliphatic heterocycles. The molecule has 2 aromatic rings. The lowest BCUT2D eigenvalue weighted by molar-refractivity contribution is -0.139. The summed E-state index contributed by atoms with van der Waals surface area (Å²) in [5.74, 6) is -0.0172. The Kier molecular flexibility index (Phi) is 5.82. The highest BCUT2D eigenvalue weighted by molar-refractivity contribution is 8.01. The molecule has 0 aliphatic carbocycles. The van der Waals surface area contributed by atoms with Gasteiger partial charge in [0.15, 0.2) is 4.34 Å². The van der Waals surface area contributed by atoms with Crippen LogP contribution in [-0.2, 0) is 4.79 Å². The van der Waals surface area contributed by atoms with Gasteiger partial charge in [-0.15, -0.1) is 11.3 Å². The van der Waals surface area contributed by atoms with E-state index in [1.807, 2.05) is 25.1 Å². The number of carboxylic acid groups (broad SMARTS) is 1. The van der Waals surface area contributed by atoms with E-state index in [0.717, 1.165) is 28.6 Å². The number of para-hydroxylation sites is 1. The first-order valence-corrected chi connectivity index (χ1v) is 8.45. The Morgan fingerprint density at radius 1 is 1.50 bits per heavy atom. The topological polar surface area (TPSA) is 62.2 Å². The number of carboxylic acids is 1. The molecule has 0 saturated heterocycles. The van der Waals surface area contributed by atoms with E-state index >= 15 is 0 Å². The number of aliphatic carboxylic acids is 1. The van der Waals surface area contributed by atoms with Gasteiger partial charge in [0.2, 0.25) is 0 Å². The highest BCUT2D eigenvalue weighted by Crippen LogP contribution is 2.29. The van der Waals surface area contributed by atoms with Crippen LogP contribution in [-0.4, -0.2) is 34.4 Å². The van der Waals surface area contributed by atoms with Crippen molar-refractivity contribution < 1.29 is 9.90 Å². The van der Waals surface area contributed by atoms with E-state index in [-0.39, 0.29) is 0 Å². The second-order valence-electron chi connectivity index (χ2n) is 4.43. The van der Waals surface area contributed by atoms with Gasteiger partial charge in [-0.2, -0.15) is 0 Å². The van der Waals surface area contributed by atoms with Gasteiger partial charge in [-0.25, -0.2) is 4.98 Å². The number of benzene rings is 1. The standard InChI is InChI=1S/C14H18N2O2S2/c1-2-8-15-11(13(17)18)7-9-19-14-16-10-5-3-4-6-12(10)20-14/h3-6,11,15H,2,7-9H2,1H3,(H,17,18). The monoisotopic (exact) mass is 310 g/mol. The van der Waals surface area contributed by atoms with E-state index in [0.29, 0.717) is 6.42 Å². The van der Waals surface area contributed by atoms with Crippen LogP contribution < -0.4 is 5.32 Å². The Labute approximate surface area is 126 Å². The van der Waals surface area contributed by atoms with Gasteiger partial charge in [-0.1, -0.05) is 30.8 Å². The fourth-order valence-electron chi connectivity index (χ4n) is 1.81. The highest BCUT2D eigenvalue weighted by Gasteiger charge is 2.16. The molecule has 1 atom stereocenters. The van der Waals surface area contributed by atoms with Crippen molar-refractivity contribution in [1.82, 2.24) is 10.3 Å².